The first-order valence-corrected chi connectivity index (χ1v) is 5.37. The van der Waals surface area contributed by atoms with Gasteiger partial charge < -0.3 is 10.1 Å². The van der Waals surface area contributed by atoms with Crippen molar-refractivity contribution in [1.82, 2.24) is 21.3 Å². The van der Waals surface area contributed by atoms with Crippen LogP contribution in [0.1, 0.15) is 27.7 Å². The molecule has 0 saturated carbocycles. The molecular formula is C10H22N4O3. The molecule has 0 spiro atoms. The van der Waals surface area contributed by atoms with Crippen LogP contribution in [0.25, 0.3) is 0 Å². The number of hydrogen-bond acceptors (Lipinski definition) is 5. The maximum Gasteiger partial charge on any atom is 0.408 e. The Hall–Kier alpha value is -1.34. The molecule has 3 N–H and O–H groups in total. The molecule has 0 rings (SSSR count). The topological polar surface area (TPSA) is 82.7 Å². The molecular weight excluding hydrogens is 224 g/mol. The van der Waals surface area contributed by atoms with Gasteiger partial charge in [0.2, 0.25) is 0 Å². The molecule has 0 radical (unpaired) electrons. The third kappa shape index (κ3) is 7.53. The lowest BCUT2D eigenvalue weighted by Crippen LogP contribution is -2.53. The number of alkyl carbamates (subject to hydrolysis) is 1. The van der Waals surface area contributed by atoms with Crippen molar-refractivity contribution in [2.45, 2.75) is 39.3 Å². The lowest BCUT2D eigenvalue weighted by atomic mass is 10.2. The summed E-state index contributed by atoms with van der Waals surface area (Å²) in [6.45, 7) is 6.84. The van der Waals surface area contributed by atoms with Gasteiger partial charge in [-0.25, -0.2) is 10.2 Å². The minimum atomic E-state index is -0.680. The van der Waals surface area contributed by atoms with E-state index in [1.54, 1.807) is 41.8 Å². The van der Waals surface area contributed by atoms with E-state index in [4.69, 9.17) is 4.74 Å². The van der Waals surface area contributed by atoms with E-state index in [0.717, 1.165) is 0 Å². The van der Waals surface area contributed by atoms with E-state index in [0.29, 0.717) is 0 Å². The van der Waals surface area contributed by atoms with Gasteiger partial charge in [0.1, 0.15) is 11.6 Å². The lowest BCUT2D eigenvalue weighted by molar-refractivity contribution is -0.128. The average molecular weight is 246 g/mol. The first-order chi connectivity index (χ1) is 7.65. The van der Waals surface area contributed by atoms with Crippen LogP contribution in [0.5, 0.6) is 0 Å². The fraction of sp³-hybridized carbons (Fsp3) is 0.800. The first kappa shape index (κ1) is 15.7. The van der Waals surface area contributed by atoms with Crippen molar-refractivity contribution in [3.8, 4) is 0 Å². The molecule has 0 aliphatic rings. The van der Waals surface area contributed by atoms with Crippen LogP contribution < -0.4 is 16.2 Å². The van der Waals surface area contributed by atoms with Crippen molar-refractivity contribution in [2.24, 2.45) is 0 Å². The Bertz CT molecular complexity index is 275. The summed E-state index contributed by atoms with van der Waals surface area (Å²) in [5.41, 5.74) is 4.63. The van der Waals surface area contributed by atoms with Crippen molar-refractivity contribution < 1.29 is 14.3 Å². The Morgan fingerprint density at radius 2 is 1.82 bits per heavy atom. The van der Waals surface area contributed by atoms with Crippen LogP contribution >= 0.6 is 0 Å². The van der Waals surface area contributed by atoms with Gasteiger partial charge in [-0.05, 0) is 27.7 Å². The fourth-order valence-corrected chi connectivity index (χ4v) is 0.868. The van der Waals surface area contributed by atoms with Crippen LogP contribution in [0, 0.1) is 0 Å². The summed E-state index contributed by atoms with van der Waals surface area (Å²) in [6, 6.07) is -0.680. The summed E-state index contributed by atoms with van der Waals surface area (Å²) in [6.07, 6.45) is -0.618. The molecule has 0 heterocycles. The Morgan fingerprint density at radius 3 is 2.24 bits per heavy atom. The normalized spacial score (nSPS) is 13.1. The smallest absolute Gasteiger partial charge is 0.408 e. The van der Waals surface area contributed by atoms with Crippen molar-refractivity contribution in [3.05, 3.63) is 0 Å². The zero-order valence-electron chi connectivity index (χ0n) is 11.2. The number of nitrogens with one attached hydrogen (secondary N) is 3. The highest BCUT2D eigenvalue weighted by Crippen LogP contribution is 2.06. The fourth-order valence-electron chi connectivity index (χ4n) is 0.868. The monoisotopic (exact) mass is 246 g/mol. The minimum Gasteiger partial charge on any atom is -0.444 e. The van der Waals surface area contributed by atoms with Gasteiger partial charge >= 0.3 is 6.09 Å². The third-order valence-corrected chi connectivity index (χ3v) is 1.74. The molecule has 7 heteroatoms. The van der Waals surface area contributed by atoms with E-state index in [1.807, 2.05) is 0 Å². The molecule has 1 atom stereocenters. The largest absolute Gasteiger partial charge is 0.444 e. The number of carbonyl (C=O) groups is 2. The van der Waals surface area contributed by atoms with E-state index in [1.165, 1.54) is 5.12 Å². The zero-order valence-corrected chi connectivity index (χ0v) is 11.2. The predicted molar refractivity (Wildman–Crippen MR) is 63.8 cm³/mol. The van der Waals surface area contributed by atoms with Gasteiger partial charge in [0.15, 0.2) is 0 Å². The van der Waals surface area contributed by atoms with Gasteiger partial charge in [0, 0.05) is 14.1 Å². The number of carbonyl (C=O) groups excluding carboxylic acids is 2. The molecule has 0 fully saturated rings. The molecule has 0 saturated heterocycles. The quantitative estimate of drug-likeness (QED) is 0.608. The van der Waals surface area contributed by atoms with Crippen LogP contribution in [0.2, 0.25) is 0 Å². The molecule has 2 amide bonds. The summed E-state index contributed by atoms with van der Waals surface area (Å²) < 4.78 is 5.03. The maximum absolute atomic E-state index is 11.6. The van der Waals surface area contributed by atoms with Crippen molar-refractivity contribution in [3.63, 3.8) is 0 Å². The van der Waals surface area contributed by atoms with Crippen LogP contribution in [0.4, 0.5) is 4.79 Å². The van der Waals surface area contributed by atoms with Crippen molar-refractivity contribution >= 4 is 12.0 Å². The van der Waals surface area contributed by atoms with Gasteiger partial charge in [-0.3, -0.25) is 10.2 Å². The van der Waals surface area contributed by atoms with E-state index in [2.05, 4.69) is 16.2 Å². The van der Waals surface area contributed by atoms with Crippen LogP contribution in [-0.2, 0) is 9.53 Å². The Morgan fingerprint density at radius 1 is 1.29 bits per heavy atom. The van der Waals surface area contributed by atoms with Crippen LogP contribution in [-0.4, -0.2) is 42.9 Å². The van der Waals surface area contributed by atoms with Crippen LogP contribution in [0.15, 0.2) is 0 Å². The number of hydrogen-bond donors (Lipinski definition) is 3. The highest BCUT2D eigenvalue weighted by Gasteiger charge is 2.21. The summed E-state index contributed by atoms with van der Waals surface area (Å²) in [4.78, 5) is 22.9. The third-order valence-electron chi connectivity index (χ3n) is 1.74. The zero-order chi connectivity index (χ0) is 13.6. The standard InChI is InChI=1S/C10H22N4O3/c1-7(8(15)13-14(6)11-5)12-9(16)17-10(2,3)4/h7,11H,1-6H3,(H,12,16)(H,13,15). The molecule has 17 heavy (non-hydrogen) atoms. The molecule has 0 aromatic heterocycles. The first-order valence-electron chi connectivity index (χ1n) is 5.37. The maximum atomic E-state index is 11.6. The van der Waals surface area contributed by atoms with Gasteiger partial charge in [-0.1, -0.05) is 0 Å². The summed E-state index contributed by atoms with van der Waals surface area (Å²) in [7, 11) is 3.30. The molecule has 0 aliphatic heterocycles. The Kier molecular flexibility index (Phi) is 5.90. The summed E-state index contributed by atoms with van der Waals surface area (Å²) >= 11 is 0. The minimum absolute atomic E-state index is 0.340. The average Bonchev–Trinajstić information content (AvgIpc) is 2.14. The SMILES string of the molecule is CNN(C)NC(=O)C(C)NC(=O)OC(C)(C)C. The van der Waals surface area contributed by atoms with E-state index >= 15 is 0 Å². The van der Waals surface area contributed by atoms with Gasteiger partial charge in [0.05, 0.1) is 0 Å². The summed E-state index contributed by atoms with van der Waals surface area (Å²) in [5, 5.41) is 3.82. The van der Waals surface area contributed by atoms with Gasteiger partial charge in [0.25, 0.3) is 5.91 Å². The second-order valence-electron chi connectivity index (χ2n) is 4.63. The van der Waals surface area contributed by atoms with Gasteiger partial charge in [-0.15, -0.1) is 0 Å². The molecule has 0 aromatic carbocycles. The molecule has 0 aromatic rings. The molecule has 7 nitrogen and oxygen atoms in total. The number of amides is 2. The van der Waals surface area contributed by atoms with Crippen LogP contribution in [0.3, 0.4) is 0 Å². The number of hydrazine groups is 2. The Balaban J connectivity index is 4.12. The van der Waals surface area contributed by atoms with E-state index in [-0.39, 0.29) is 5.91 Å². The van der Waals surface area contributed by atoms with Crippen molar-refractivity contribution in [1.29, 1.82) is 0 Å². The number of ether oxygens (including phenoxy) is 1. The Labute approximate surface area is 102 Å². The van der Waals surface area contributed by atoms with Crippen molar-refractivity contribution in [2.75, 3.05) is 14.1 Å². The number of rotatable bonds is 4. The second-order valence-corrected chi connectivity index (χ2v) is 4.63. The molecule has 100 valence electrons. The highest BCUT2D eigenvalue weighted by atomic mass is 16.6. The predicted octanol–water partition coefficient (Wildman–Crippen LogP) is -0.00300. The highest BCUT2D eigenvalue weighted by molar-refractivity contribution is 5.84. The molecule has 0 aliphatic carbocycles. The lowest BCUT2D eigenvalue weighted by Gasteiger charge is -2.23. The second kappa shape index (κ2) is 6.41. The van der Waals surface area contributed by atoms with E-state index < -0.39 is 17.7 Å². The molecule has 1 unspecified atom stereocenters. The van der Waals surface area contributed by atoms with Gasteiger partial charge in [-0.2, -0.15) is 5.12 Å². The molecule has 0 bridgehead atoms. The van der Waals surface area contributed by atoms with E-state index in [9.17, 15) is 9.59 Å². The number of nitrogens with zero attached hydrogens (tertiary/aromatic N) is 1. The summed E-state index contributed by atoms with van der Waals surface area (Å²) in [5.74, 6) is -0.340.